The first-order valence-corrected chi connectivity index (χ1v) is 9.94. The molecule has 0 aromatic heterocycles. The molecule has 7 nitrogen and oxygen atoms in total. The predicted molar refractivity (Wildman–Crippen MR) is 108 cm³/mol. The summed E-state index contributed by atoms with van der Waals surface area (Å²) in [5.41, 5.74) is -1.17. The Morgan fingerprint density at radius 1 is 1.20 bits per heavy atom. The maximum atomic E-state index is 12.9. The summed E-state index contributed by atoms with van der Waals surface area (Å²) in [7, 11) is 1.18. The Morgan fingerprint density at radius 2 is 1.83 bits per heavy atom. The summed E-state index contributed by atoms with van der Waals surface area (Å²) in [6.07, 6.45) is 0.380. The first kappa shape index (κ1) is 22.0. The number of phenols is 1. The van der Waals surface area contributed by atoms with Gasteiger partial charge in [-0.3, -0.25) is 14.4 Å². The van der Waals surface area contributed by atoms with E-state index in [0.717, 1.165) is 5.56 Å². The monoisotopic (exact) mass is 416 g/mol. The van der Waals surface area contributed by atoms with Gasteiger partial charge in [0.25, 0.3) is 0 Å². The van der Waals surface area contributed by atoms with Crippen molar-refractivity contribution in [3.05, 3.63) is 41.0 Å². The molecule has 0 saturated heterocycles. The normalized spacial score (nSPS) is 32.4. The Hall–Kier alpha value is -2.67. The average Bonchev–Trinajstić information content (AvgIpc) is 2.67. The fourth-order valence-corrected chi connectivity index (χ4v) is 5.13. The number of carbonyl (C=O) groups excluding carboxylic acids is 3. The Labute approximate surface area is 175 Å². The molecule has 162 valence electrons. The number of benzene rings is 1. The summed E-state index contributed by atoms with van der Waals surface area (Å²) >= 11 is 0. The fourth-order valence-electron chi connectivity index (χ4n) is 5.13. The molecule has 7 heteroatoms. The highest BCUT2D eigenvalue weighted by atomic mass is 16.6. The molecule has 30 heavy (non-hydrogen) atoms. The highest BCUT2D eigenvalue weighted by Gasteiger charge is 2.65. The Balaban J connectivity index is 2.39. The second-order valence-corrected chi connectivity index (χ2v) is 8.83. The van der Waals surface area contributed by atoms with Crippen molar-refractivity contribution in [3.63, 3.8) is 0 Å². The minimum Gasteiger partial charge on any atom is -0.508 e. The Kier molecular flexibility index (Phi) is 5.31. The van der Waals surface area contributed by atoms with E-state index in [4.69, 9.17) is 9.47 Å². The molecule has 1 aromatic rings. The van der Waals surface area contributed by atoms with Crippen molar-refractivity contribution < 1.29 is 34.1 Å². The molecule has 0 amide bonds. The lowest BCUT2D eigenvalue weighted by Crippen LogP contribution is -2.61. The van der Waals surface area contributed by atoms with Crippen LogP contribution in [0.1, 0.15) is 63.3 Å². The average molecular weight is 416 g/mol. The van der Waals surface area contributed by atoms with Crippen molar-refractivity contribution in [2.24, 2.45) is 11.3 Å². The highest BCUT2D eigenvalue weighted by molar-refractivity contribution is 6.10. The van der Waals surface area contributed by atoms with E-state index in [1.165, 1.54) is 27.0 Å². The van der Waals surface area contributed by atoms with Crippen molar-refractivity contribution in [2.75, 3.05) is 7.11 Å². The number of aromatic hydroxyl groups is 1. The molecule has 0 aliphatic heterocycles. The minimum atomic E-state index is -1.72. The zero-order chi connectivity index (χ0) is 22.6. The number of phenolic OH excluding ortho intramolecular Hbond substituents is 1. The van der Waals surface area contributed by atoms with Crippen LogP contribution < -0.4 is 0 Å². The zero-order valence-corrected chi connectivity index (χ0v) is 18.1. The van der Waals surface area contributed by atoms with E-state index >= 15 is 0 Å². The van der Waals surface area contributed by atoms with E-state index < -0.39 is 46.7 Å². The summed E-state index contributed by atoms with van der Waals surface area (Å²) < 4.78 is 10.4. The number of allylic oxidation sites excluding steroid dienone is 2. The number of hydrogen-bond acceptors (Lipinski definition) is 7. The zero-order valence-electron chi connectivity index (χ0n) is 18.1. The van der Waals surface area contributed by atoms with Crippen molar-refractivity contribution >= 4 is 17.7 Å². The molecule has 0 bridgehead atoms. The van der Waals surface area contributed by atoms with Crippen LogP contribution in [-0.2, 0) is 29.3 Å². The summed E-state index contributed by atoms with van der Waals surface area (Å²) in [6, 6.07) is 3.41. The van der Waals surface area contributed by atoms with Crippen LogP contribution >= 0.6 is 0 Å². The number of ketones is 1. The van der Waals surface area contributed by atoms with E-state index in [1.54, 1.807) is 25.1 Å². The number of methoxy groups -OCH3 is 1. The van der Waals surface area contributed by atoms with E-state index in [1.807, 2.05) is 13.8 Å². The molecule has 2 aliphatic carbocycles. The quantitative estimate of drug-likeness (QED) is 0.576. The molecule has 2 N–H and O–H groups in total. The highest BCUT2D eigenvalue weighted by Crippen LogP contribution is 2.59. The first-order chi connectivity index (χ1) is 13.9. The summed E-state index contributed by atoms with van der Waals surface area (Å²) in [6.45, 7) is 8.31. The maximum Gasteiger partial charge on any atom is 0.319 e. The number of aliphatic hydroxyl groups excluding tert-OH is 1. The topological polar surface area (TPSA) is 110 Å². The van der Waals surface area contributed by atoms with Gasteiger partial charge in [0.15, 0.2) is 5.78 Å². The molecule has 0 unspecified atom stereocenters. The van der Waals surface area contributed by atoms with E-state index in [9.17, 15) is 24.6 Å². The van der Waals surface area contributed by atoms with Gasteiger partial charge in [0.1, 0.15) is 23.4 Å². The number of esters is 2. The van der Waals surface area contributed by atoms with E-state index in [-0.39, 0.29) is 11.7 Å². The number of aliphatic hydroxyl groups is 1. The van der Waals surface area contributed by atoms with Crippen LogP contribution in [0.15, 0.2) is 24.3 Å². The van der Waals surface area contributed by atoms with E-state index in [0.29, 0.717) is 11.1 Å². The summed E-state index contributed by atoms with van der Waals surface area (Å²) in [5.74, 6) is -2.91. The standard InChI is InChI=1S/C23H28O7/c1-11(2)13-9-14-17(15(25)10-13)22(4)8-7-16(26)23(5,21(28)29-6)20(22)19(18(14)27)30-12(3)24/h7-11,18-20,25,27H,1-6H3/t18-,19+,20-,22-,23-/m0/s1. The second-order valence-electron chi connectivity index (χ2n) is 8.83. The Morgan fingerprint density at radius 3 is 2.37 bits per heavy atom. The van der Waals surface area contributed by atoms with Gasteiger partial charge < -0.3 is 19.7 Å². The fraction of sp³-hybridized carbons (Fsp3) is 0.522. The molecule has 1 aromatic carbocycles. The largest absolute Gasteiger partial charge is 0.508 e. The van der Waals surface area contributed by atoms with Gasteiger partial charge in [-0.15, -0.1) is 0 Å². The number of carbonyl (C=O) groups is 3. The molecule has 0 saturated carbocycles. The second kappa shape index (κ2) is 7.23. The number of hydrogen-bond donors (Lipinski definition) is 2. The molecule has 0 fully saturated rings. The third kappa shape index (κ3) is 2.95. The van der Waals surface area contributed by atoms with Gasteiger partial charge >= 0.3 is 11.9 Å². The molecule has 0 spiro atoms. The third-order valence-corrected chi connectivity index (χ3v) is 6.61. The lowest BCUT2D eigenvalue weighted by molar-refractivity contribution is -0.183. The van der Waals surface area contributed by atoms with Gasteiger partial charge in [-0.05, 0) is 36.1 Å². The summed E-state index contributed by atoms with van der Waals surface area (Å²) in [4.78, 5) is 37.7. The van der Waals surface area contributed by atoms with E-state index in [2.05, 4.69) is 0 Å². The smallest absolute Gasteiger partial charge is 0.319 e. The number of fused-ring (bicyclic) bond motifs is 3. The molecule has 0 radical (unpaired) electrons. The first-order valence-electron chi connectivity index (χ1n) is 9.94. The number of ether oxygens (including phenoxy) is 2. The lowest BCUT2D eigenvalue weighted by atomic mass is 9.50. The van der Waals surface area contributed by atoms with Gasteiger partial charge in [0.2, 0.25) is 0 Å². The maximum absolute atomic E-state index is 12.9. The van der Waals surface area contributed by atoms with Crippen LogP contribution in [0.3, 0.4) is 0 Å². The van der Waals surface area contributed by atoms with Crippen LogP contribution in [0.25, 0.3) is 0 Å². The van der Waals surface area contributed by atoms with Crippen LogP contribution in [0.4, 0.5) is 0 Å². The van der Waals surface area contributed by atoms with Gasteiger partial charge in [0, 0.05) is 23.8 Å². The molecule has 0 heterocycles. The van der Waals surface area contributed by atoms with Crippen molar-refractivity contribution in [1.29, 1.82) is 0 Å². The Bertz CT molecular complexity index is 947. The third-order valence-electron chi connectivity index (χ3n) is 6.61. The van der Waals surface area contributed by atoms with Crippen molar-refractivity contribution in [1.82, 2.24) is 0 Å². The molecule has 3 rings (SSSR count). The van der Waals surface area contributed by atoms with Crippen molar-refractivity contribution in [2.45, 2.75) is 58.2 Å². The SMILES string of the molecule is COC(=O)[C@@]1(C)C(=O)C=C[C@@]2(C)c3c(O)cc(C(C)C)cc3[C@H](O)[C@@H](OC(C)=O)[C@H]12. The molecule has 2 aliphatic rings. The minimum absolute atomic E-state index is 0.0461. The van der Waals surface area contributed by atoms with Crippen LogP contribution in [0.2, 0.25) is 0 Å². The molecule has 5 atom stereocenters. The lowest BCUT2D eigenvalue weighted by Gasteiger charge is -2.54. The van der Waals surface area contributed by atoms with Crippen LogP contribution in [0.5, 0.6) is 5.75 Å². The summed E-state index contributed by atoms with van der Waals surface area (Å²) in [5, 5.41) is 22.2. The predicted octanol–water partition coefficient (Wildman–Crippen LogP) is 2.69. The van der Waals surface area contributed by atoms with Gasteiger partial charge in [-0.2, -0.15) is 0 Å². The van der Waals surface area contributed by atoms with Crippen LogP contribution in [-0.4, -0.2) is 41.1 Å². The van der Waals surface area contributed by atoms with Crippen molar-refractivity contribution in [3.8, 4) is 5.75 Å². The van der Waals surface area contributed by atoms with Gasteiger partial charge in [0.05, 0.1) is 7.11 Å². The molecular weight excluding hydrogens is 388 g/mol. The molecular formula is C23H28O7. The van der Waals surface area contributed by atoms with Crippen LogP contribution in [0, 0.1) is 11.3 Å². The number of rotatable bonds is 3. The van der Waals surface area contributed by atoms with Gasteiger partial charge in [-0.1, -0.05) is 32.9 Å². The van der Waals surface area contributed by atoms with Gasteiger partial charge in [-0.25, -0.2) is 0 Å².